The van der Waals surface area contributed by atoms with Crippen molar-refractivity contribution in [1.82, 2.24) is 10.2 Å². The minimum Gasteiger partial charge on any atom is -0.339 e. The highest BCUT2D eigenvalue weighted by atomic mass is 32.1. The number of anilines is 1. The Morgan fingerprint density at radius 3 is 2.62 bits per heavy atom. The Morgan fingerprint density at radius 2 is 2.00 bits per heavy atom. The number of carbonyl (C=O) groups is 2. The van der Waals surface area contributed by atoms with Crippen LogP contribution in [-0.4, -0.2) is 29.9 Å². The van der Waals surface area contributed by atoms with Crippen LogP contribution in [0.25, 0.3) is 0 Å². The molecule has 5 nitrogen and oxygen atoms in total. The van der Waals surface area contributed by atoms with Crippen LogP contribution in [-0.2, 0) is 6.54 Å². The van der Waals surface area contributed by atoms with Crippen LogP contribution in [0.5, 0.6) is 0 Å². The summed E-state index contributed by atoms with van der Waals surface area (Å²) >= 11 is 1.59. The van der Waals surface area contributed by atoms with E-state index in [4.69, 9.17) is 0 Å². The highest BCUT2D eigenvalue weighted by molar-refractivity contribution is 7.09. The van der Waals surface area contributed by atoms with Gasteiger partial charge in [0.15, 0.2) is 0 Å². The molecule has 0 aliphatic heterocycles. The number of benzene rings is 1. The molecule has 2 aromatic rings. The Kier molecular flexibility index (Phi) is 5.98. The summed E-state index contributed by atoms with van der Waals surface area (Å²) in [5.41, 5.74) is 2.09. The number of carbonyl (C=O) groups excluding carboxylic acids is 2. The molecule has 0 spiro atoms. The van der Waals surface area contributed by atoms with Crippen molar-refractivity contribution < 1.29 is 9.59 Å². The first-order valence-electron chi connectivity index (χ1n) is 7.83. The second-order valence-electron chi connectivity index (χ2n) is 5.93. The first kappa shape index (κ1) is 18.0. The first-order valence-corrected chi connectivity index (χ1v) is 8.71. The zero-order valence-corrected chi connectivity index (χ0v) is 15.2. The molecule has 1 heterocycles. The van der Waals surface area contributed by atoms with E-state index < -0.39 is 0 Å². The summed E-state index contributed by atoms with van der Waals surface area (Å²) in [6.45, 7) is 6.31. The van der Waals surface area contributed by atoms with E-state index in [0.717, 1.165) is 10.4 Å². The molecule has 0 atom stereocenters. The van der Waals surface area contributed by atoms with Gasteiger partial charge in [-0.15, -0.1) is 11.3 Å². The van der Waals surface area contributed by atoms with Crippen molar-refractivity contribution in [3.05, 3.63) is 51.7 Å². The van der Waals surface area contributed by atoms with Crippen molar-refractivity contribution >= 4 is 29.0 Å². The third-order valence-corrected chi connectivity index (χ3v) is 4.70. The lowest BCUT2D eigenvalue weighted by atomic mass is 10.1. The molecule has 0 aliphatic rings. The number of rotatable bonds is 5. The molecule has 0 fully saturated rings. The maximum atomic E-state index is 12.5. The van der Waals surface area contributed by atoms with Crippen molar-refractivity contribution in [2.75, 3.05) is 12.4 Å². The van der Waals surface area contributed by atoms with Gasteiger partial charge in [-0.3, -0.25) is 4.79 Å². The van der Waals surface area contributed by atoms with Crippen molar-refractivity contribution in [2.45, 2.75) is 33.4 Å². The van der Waals surface area contributed by atoms with Gasteiger partial charge in [0.1, 0.15) is 0 Å². The smallest absolute Gasteiger partial charge is 0.319 e. The topological polar surface area (TPSA) is 61.4 Å². The molecule has 0 saturated heterocycles. The Bertz CT molecular complexity index is 711. The van der Waals surface area contributed by atoms with Gasteiger partial charge in [-0.25, -0.2) is 4.79 Å². The summed E-state index contributed by atoms with van der Waals surface area (Å²) in [5, 5.41) is 7.55. The van der Waals surface area contributed by atoms with Gasteiger partial charge < -0.3 is 15.5 Å². The van der Waals surface area contributed by atoms with Gasteiger partial charge in [-0.05, 0) is 49.9 Å². The molecular formula is C18H23N3O2S. The third-order valence-electron chi connectivity index (χ3n) is 3.82. The molecular weight excluding hydrogens is 322 g/mol. The lowest BCUT2D eigenvalue weighted by molar-refractivity contribution is 0.0754. The number of aryl methyl sites for hydroxylation is 1. The quantitative estimate of drug-likeness (QED) is 0.864. The molecule has 1 aromatic heterocycles. The van der Waals surface area contributed by atoms with Crippen LogP contribution >= 0.6 is 11.3 Å². The van der Waals surface area contributed by atoms with Crippen molar-refractivity contribution in [3.8, 4) is 0 Å². The Hall–Kier alpha value is -2.34. The van der Waals surface area contributed by atoms with Crippen LogP contribution in [0.15, 0.2) is 35.7 Å². The van der Waals surface area contributed by atoms with Crippen LogP contribution < -0.4 is 10.6 Å². The molecule has 0 bridgehead atoms. The number of hydrogen-bond donors (Lipinski definition) is 2. The average molecular weight is 345 g/mol. The van der Waals surface area contributed by atoms with Gasteiger partial charge in [0.05, 0.1) is 6.54 Å². The Labute approximate surface area is 146 Å². The Morgan fingerprint density at radius 1 is 1.25 bits per heavy atom. The van der Waals surface area contributed by atoms with E-state index >= 15 is 0 Å². The van der Waals surface area contributed by atoms with E-state index in [1.165, 1.54) is 0 Å². The number of amides is 3. The zero-order valence-electron chi connectivity index (χ0n) is 14.4. The lowest BCUT2D eigenvalue weighted by Gasteiger charge is -2.22. The van der Waals surface area contributed by atoms with Crippen molar-refractivity contribution in [1.29, 1.82) is 0 Å². The third kappa shape index (κ3) is 4.58. The molecule has 6 heteroatoms. The summed E-state index contributed by atoms with van der Waals surface area (Å²) in [6, 6.07) is 9.10. The minimum absolute atomic E-state index is 0.0508. The van der Waals surface area contributed by atoms with Crippen LogP contribution in [0, 0.1) is 6.92 Å². The fourth-order valence-corrected chi connectivity index (χ4v) is 2.76. The minimum atomic E-state index is -0.289. The molecule has 2 N–H and O–H groups in total. The van der Waals surface area contributed by atoms with E-state index in [-0.39, 0.29) is 18.0 Å². The maximum Gasteiger partial charge on any atom is 0.319 e. The van der Waals surface area contributed by atoms with Gasteiger partial charge in [0.2, 0.25) is 0 Å². The second-order valence-corrected chi connectivity index (χ2v) is 6.96. The van der Waals surface area contributed by atoms with Gasteiger partial charge >= 0.3 is 6.03 Å². The highest BCUT2D eigenvalue weighted by Crippen LogP contribution is 2.18. The lowest BCUT2D eigenvalue weighted by Crippen LogP contribution is -2.33. The average Bonchev–Trinajstić information content (AvgIpc) is 3.06. The van der Waals surface area contributed by atoms with Gasteiger partial charge in [-0.1, -0.05) is 12.1 Å². The van der Waals surface area contributed by atoms with E-state index in [9.17, 15) is 9.59 Å². The Balaban J connectivity index is 2.04. The summed E-state index contributed by atoms with van der Waals surface area (Å²) in [5.74, 6) is -0.0508. The molecule has 0 aliphatic carbocycles. The molecule has 0 radical (unpaired) electrons. The monoisotopic (exact) mass is 345 g/mol. The van der Waals surface area contributed by atoms with Gasteiger partial charge in [0.25, 0.3) is 5.91 Å². The fraction of sp³-hybridized carbons (Fsp3) is 0.333. The van der Waals surface area contributed by atoms with Crippen LogP contribution in [0.3, 0.4) is 0 Å². The SMILES string of the molecule is Cc1ccc(NC(=O)NCc2cccs2)cc1C(=O)N(C)C(C)C. The van der Waals surface area contributed by atoms with Crippen molar-refractivity contribution in [3.63, 3.8) is 0 Å². The number of urea groups is 1. The second kappa shape index (κ2) is 7.97. The van der Waals surface area contributed by atoms with Crippen LogP contribution in [0.2, 0.25) is 0 Å². The van der Waals surface area contributed by atoms with E-state index in [0.29, 0.717) is 17.8 Å². The molecule has 1 aromatic carbocycles. The predicted octanol–water partition coefficient (Wildman–Crippen LogP) is 3.86. The first-order chi connectivity index (χ1) is 11.4. The zero-order chi connectivity index (χ0) is 17.7. The molecule has 3 amide bonds. The number of thiophene rings is 1. The van der Waals surface area contributed by atoms with Crippen LogP contribution in [0.4, 0.5) is 10.5 Å². The molecule has 2 rings (SSSR count). The van der Waals surface area contributed by atoms with E-state index in [1.54, 1.807) is 35.4 Å². The number of nitrogens with zero attached hydrogens (tertiary/aromatic N) is 1. The van der Waals surface area contributed by atoms with E-state index in [1.807, 2.05) is 44.4 Å². The van der Waals surface area contributed by atoms with Crippen LogP contribution in [0.1, 0.15) is 34.6 Å². The number of nitrogens with one attached hydrogen (secondary N) is 2. The largest absolute Gasteiger partial charge is 0.339 e. The molecule has 0 saturated carbocycles. The van der Waals surface area contributed by atoms with Crippen molar-refractivity contribution in [2.24, 2.45) is 0 Å². The fourth-order valence-electron chi connectivity index (χ4n) is 2.11. The highest BCUT2D eigenvalue weighted by Gasteiger charge is 2.17. The molecule has 24 heavy (non-hydrogen) atoms. The molecule has 0 unspecified atom stereocenters. The van der Waals surface area contributed by atoms with Gasteiger partial charge in [0, 0.05) is 29.2 Å². The normalized spacial score (nSPS) is 10.5. The predicted molar refractivity (Wildman–Crippen MR) is 98.6 cm³/mol. The summed E-state index contributed by atoms with van der Waals surface area (Å²) in [4.78, 5) is 27.3. The van der Waals surface area contributed by atoms with E-state index in [2.05, 4.69) is 10.6 Å². The summed E-state index contributed by atoms with van der Waals surface area (Å²) < 4.78 is 0. The van der Waals surface area contributed by atoms with Gasteiger partial charge in [-0.2, -0.15) is 0 Å². The maximum absolute atomic E-state index is 12.5. The summed E-state index contributed by atoms with van der Waals surface area (Å²) in [7, 11) is 1.78. The number of hydrogen-bond acceptors (Lipinski definition) is 3. The standard InChI is InChI=1S/C18H23N3O2S/c1-12(2)21(4)17(22)16-10-14(8-7-13(16)3)20-18(23)19-11-15-6-5-9-24-15/h5-10,12H,11H2,1-4H3,(H2,19,20,23). The summed E-state index contributed by atoms with van der Waals surface area (Å²) in [6.07, 6.45) is 0. The molecule has 128 valence electrons.